The quantitative estimate of drug-likeness (QED) is 0.761. The van der Waals surface area contributed by atoms with Gasteiger partial charge in [0.1, 0.15) is 18.2 Å². The van der Waals surface area contributed by atoms with Crippen molar-refractivity contribution < 1.29 is 23.9 Å². The first-order chi connectivity index (χ1) is 9.36. The number of nitrogens with one attached hydrogen (secondary N) is 2. The van der Waals surface area contributed by atoms with Crippen LogP contribution in [0.25, 0.3) is 0 Å². The molecular weight excluding hydrogens is 276 g/mol. The molecule has 0 saturated heterocycles. The first-order valence-electron chi connectivity index (χ1n) is 6.71. The molecule has 7 nitrogen and oxygen atoms in total. The van der Waals surface area contributed by atoms with E-state index in [4.69, 9.17) is 4.74 Å². The number of carbonyl (C=O) groups excluding carboxylic acids is 3. The summed E-state index contributed by atoms with van der Waals surface area (Å²) in [6, 6.07) is -0.836. The van der Waals surface area contributed by atoms with Gasteiger partial charge in [0.25, 0.3) is 0 Å². The number of amides is 2. The zero-order chi connectivity index (χ0) is 16.8. The van der Waals surface area contributed by atoms with Crippen LogP contribution in [0.2, 0.25) is 0 Å². The molecule has 0 spiro atoms. The molecule has 0 aliphatic rings. The molecule has 0 rings (SSSR count). The van der Waals surface area contributed by atoms with Gasteiger partial charge in [-0.1, -0.05) is 20.8 Å². The van der Waals surface area contributed by atoms with E-state index in [1.54, 1.807) is 41.5 Å². The molecule has 0 aliphatic carbocycles. The molecule has 7 heteroatoms. The van der Waals surface area contributed by atoms with E-state index >= 15 is 0 Å². The molecule has 2 amide bonds. The summed E-state index contributed by atoms with van der Waals surface area (Å²) in [6.07, 6.45) is -0.685. The normalized spacial score (nSPS) is 13.1. The lowest BCUT2D eigenvalue weighted by molar-refractivity contribution is -0.141. The predicted molar refractivity (Wildman–Crippen MR) is 77.6 cm³/mol. The molecule has 122 valence electrons. The third kappa shape index (κ3) is 8.16. The third-order valence-corrected chi connectivity index (χ3v) is 2.42. The Hall–Kier alpha value is -1.79. The van der Waals surface area contributed by atoms with Crippen LogP contribution in [0.15, 0.2) is 0 Å². The lowest BCUT2D eigenvalue weighted by Gasteiger charge is -2.31. The Bertz CT molecular complexity index is 393. The van der Waals surface area contributed by atoms with Crippen LogP contribution in [0.4, 0.5) is 4.79 Å². The number of hydrogen-bond acceptors (Lipinski definition) is 5. The molecule has 2 N–H and O–H groups in total. The molecule has 0 saturated carbocycles. The summed E-state index contributed by atoms with van der Waals surface area (Å²) in [6.45, 7) is 10.3. The molecule has 0 unspecified atom stereocenters. The minimum atomic E-state index is -0.836. The fourth-order valence-electron chi connectivity index (χ4n) is 1.43. The predicted octanol–water partition coefficient (Wildman–Crippen LogP) is 1.21. The van der Waals surface area contributed by atoms with Gasteiger partial charge >= 0.3 is 12.1 Å². The summed E-state index contributed by atoms with van der Waals surface area (Å²) >= 11 is 0. The topological polar surface area (TPSA) is 93.7 Å². The maximum absolute atomic E-state index is 12.1. The van der Waals surface area contributed by atoms with Gasteiger partial charge < -0.3 is 20.1 Å². The van der Waals surface area contributed by atoms with Crippen LogP contribution in [0.1, 0.15) is 41.5 Å². The van der Waals surface area contributed by atoms with Crippen LogP contribution in [-0.4, -0.2) is 43.3 Å². The molecule has 0 radical (unpaired) electrons. The zero-order valence-corrected chi connectivity index (χ0v) is 13.8. The lowest BCUT2D eigenvalue weighted by Crippen LogP contribution is -2.55. The third-order valence-electron chi connectivity index (χ3n) is 2.42. The fraction of sp³-hybridized carbons (Fsp3) is 0.786. The van der Waals surface area contributed by atoms with Crippen LogP contribution in [-0.2, 0) is 19.1 Å². The van der Waals surface area contributed by atoms with E-state index < -0.39 is 35.0 Å². The maximum atomic E-state index is 12.1. The van der Waals surface area contributed by atoms with E-state index in [1.165, 1.54) is 7.11 Å². The highest BCUT2D eigenvalue weighted by Gasteiger charge is 2.34. The van der Waals surface area contributed by atoms with Crippen molar-refractivity contribution in [1.29, 1.82) is 0 Å². The van der Waals surface area contributed by atoms with E-state index in [0.717, 1.165) is 0 Å². The van der Waals surface area contributed by atoms with Gasteiger partial charge in [-0.25, -0.2) is 4.79 Å². The number of alkyl carbamates (subject to hydrolysis) is 1. The van der Waals surface area contributed by atoms with E-state index in [9.17, 15) is 14.4 Å². The number of hydrogen-bond donors (Lipinski definition) is 2. The molecule has 21 heavy (non-hydrogen) atoms. The van der Waals surface area contributed by atoms with Crippen molar-refractivity contribution in [2.24, 2.45) is 5.41 Å². The summed E-state index contributed by atoms with van der Waals surface area (Å²) < 4.78 is 9.59. The van der Waals surface area contributed by atoms with Crippen molar-refractivity contribution in [1.82, 2.24) is 10.6 Å². The summed E-state index contributed by atoms with van der Waals surface area (Å²) in [5.41, 5.74) is -1.20. The SMILES string of the molecule is COC(=O)CNC(=O)[C@H](NC(=O)OC(C)(C)C)C(C)(C)C. The van der Waals surface area contributed by atoms with Crippen LogP contribution in [0.3, 0.4) is 0 Å². The lowest BCUT2D eigenvalue weighted by atomic mass is 9.86. The number of esters is 1. The van der Waals surface area contributed by atoms with Crippen molar-refractivity contribution >= 4 is 18.0 Å². The van der Waals surface area contributed by atoms with Crippen molar-refractivity contribution in [2.45, 2.75) is 53.2 Å². The molecule has 0 aromatic carbocycles. The first-order valence-corrected chi connectivity index (χ1v) is 6.71. The number of rotatable bonds is 4. The Kier molecular flexibility index (Phi) is 6.66. The van der Waals surface area contributed by atoms with Crippen molar-refractivity contribution in [3.8, 4) is 0 Å². The van der Waals surface area contributed by atoms with Gasteiger partial charge in [0, 0.05) is 0 Å². The van der Waals surface area contributed by atoms with Gasteiger partial charge in [-0.3, -0.25) is 9.59 Å². The van der Waals surface area contributed by atoms with Crippen molar-refractivity contribution in [3.05, 3.63) is 0 Å². The first kappa shape index (κ1) is 19.2. The molecule has 0 bridgehead atoms. The van der Waals surface area contributed by atoms with Crippen LogP contribution in [0.5, 0.6) is 0 Å². The van der Waals surface area contributed by atoms with Crippen molar-refractivity contribution in [2.75, 3.05) is 13.7 Å². The molecule has 0 fully saturated rings. The van der Waals surface area contributed by atoms with Gasteiger partial charge in [0.05, 0.1) is 7.11 Å². The Morgan fingerprint density at radius 1 is 1.05 bits per heavy atom. The highest BCUT2D eigenvalue weighted by Crippen LogP contribution is 2.20. The molecule has 0 aromatic rings. The van der Waals surface area contributed by atoms with Crippen LogP contribution >= 0.6 is 0 Å². The van der Waals surface area contributed by atoms with Gasteiger partial charge in [-0.05, 0) is 26.2 Å². The Balaban J connectivity index is 4.78. The highest BCUT2D eigenvalue weighted by atomic mass is 16.6. The average molecular weight is 302 g/mol. The number of ether oxygens (including phenoxy) is 2. The smallest absolute Gasteiger partial charge is 0.408 e. The molecule has 0 aliphatic heterocycles. The second-order valence-electron chi connectivity index (χ2n) is 6.74. The molecule has 0 aromatic heterocycles. The molecule has 0 heterocycles. The largest absolute Gasteiger partial charge is 0.468 e. The highest BCUT2D eigenvalue weighted by molar-refractivity contribution is 5.88. The monoisotopic (exact) mass is 302 g/mol. The van der Waals surface area contributed by atoms with Crippen LogP contribution in [0, 0.1) is 5.41 Å². The second-order valence-corrected chi connectivity index (χ2v) is 6.74. The van der Waals surface area contributed by atoms with Gasteiger partial charge in [0.15, 0.2) is 0 Å². The fourth-order valence-corrected chi connectivity index (χ4v) is 1.43. The van der Waals surface area contributed by atoms with Gasteiger partial charge in [-0.2, -0.15) is 0 Å². The number of methoxy groups -OCH3 is 1. The van der Waals surface area contributed by atoms with E-state index in [1.807, 2.05) is 0 Å². The Labute approximate surface area is 125 Å². The summed E-state index contributed by atoms with van der Waals surface area (Å²) in [7, 11) is 1.23. The second kappa shape index (κ2) is 7.28. The van der Waals surface area contributed by atoms with E-state index in [2.05, 4.69) is 15.4 Å². The minimum Gasteiger partial charge on any atom is -0.468 e. The van der Waals surface area contributed by atoms with Gasteiger partial charge in [-0.15, -0.1) is 0 Å². The zero-order valence-electron chi connectivity index (χ0n) is 13.8. The van der Waals surface area contributed by atoms with Crippen molar-refractivity contribution in [3.63, 3.8) is 0 Å². The standard InChI is InChI=1S/C14H26N2O5/c1-13(2,3)10(11(18)15-8-9(17)20-7)16-12(19)21-14(4,5)6/h10H,8H2,1-7H3,(H,15,18)(H,16,19)/t10-/m0/s1. The minimum absolute atomic E-state index is 0.252. The van der Waals surface area contributed by atoms with E-state index in [0.29, 0.717) is 0 Å². The maximum Gasteiger partial charge on any atom is 0.408 e. The molecular formula is C14H26N2O5. The van der Waals surface area contributed by atoms with Gasteiger partial charge in [0.2, 0.25) is 5.91 Å². The Morgan fingerprint density at radius 2 is 1.57 bits per heavy atom. The van der Waals surface area contributed by atoms with Crippen LogP contribution < -0.4 is 10.6 Å². The summed E-state index contributed by atoms with van der Waals surface area (Å²) in [5.74, 6) is -1.04. The van der Waals surface area contributed by atoms with E-state index in [-0.39, 0.29) is 6.54 Å². The summed E-state index contributed by atoms with van der Waals surface area (Å²) in [5, 5.41) is 4.95. The Morgan fingerprint density at radius 3 is 1.95 bits per heavy atom. The average Bonchev–Trinajstić information content (AvgIpc) is 2.28. The number of carbonyl (C=O) groups is 3. The molecule has 1 atom stereocenters. The summed E-state index contributed by atoms with van der Waals surface area (Å²) in [4.78, 5) is 35.0.